The van der Waals surface area contributed by atoms with Gasteiger partial charge >= 0.3 is 0 Å². The van der Waals surface area contributed by atoms with Crippen molar-refractivity contribution in [1.82, 2.24) is 4.98 Å². The third kappa shape index (κ3) is 2.65. The molecule has 0 bridgehead atoms. The van der Waals surface area contributed by atoms with E-state index in [1.807, 2.05) is 6.20 Å². The summed E-state index contributed by atoms with van der Waals surface area (Å²) in [5, 5.41) is 3.29. The lowest BCUT2D eigenvalue weighted by atomic mass is 10.2. The second-order valence-corrected chi connectivity index (χ2v) is 5.73. The van der Waals surface area contributed by atoms with Gasteiger partial charge in [0, 0.05) is 28.3 Å². The molecule has 0 aliphatic heterocycles. The molecule has 80 valence electrons. The maximum Gasteiger partial charge on any atom is 0.0979 e. The topological polar surface area (TPSA) is 38.9 Å². The summed E-state index contributed by atoms with van der Waals surface area (Å²) in [6, 6.07) is 4.23. The number of hydrogen-bond acceptors (Lipinski definition) is 4. The van der Waals surface area contributed by atoms with Crippen LogP contribution in [0.2, 0.25) is 0 Å². The monoisotopic (exact) mass is 238 g/mol. The summed E-state index contributed by atoms with van der Waals surface area (Å²) in [5.74, 6) is 0.430. The summed E-state index contributed by atoms with van der Waals surface area (Å²) in [7, 11) is 0. The van der Waals surface area contributed by atoms with Gasteiger partial charge in [0.1, 0.15) is 0 Å². The summed E-state index contributed by atoms with van der Waals surface area (Å²) >= 11 is 3.56. The van der Waals surface area contributed by atoms with Gasteiger partial charge in [-0.2, -0.15) is 0 Å². The van der Waals surface area contributed by atoms with Gasteiger partial charge in [-0.1, -0.05) is 13.0 Å². The SMILES string of the molecule is CC(CN)c1cnc(Cc2cccs2)s1. The van der Waals surface area contributed by atoms with Crippen molar-refractivity contribution in [3.8, 4) is 0 Å². The predicted molar refractivity (Wildman–Crippen MR) is 66.7 cm³/mol. The van der Waals surface area contributed by atoms with Crippen molar-refractivity contribution < 1.29 is 0 Å². The van der Waals surface area contributed by atoms with E-state index in [0.717, 1.165) is 6.42 Å². The minimum atomic E-state index is 0.430. The Hall–Kier alpha value is -0.710. The first kappa shape index (κ1) is 10.8. The minimum Gasteiger partial charge on any atom is -0.330 e. The molecule has 2 aromatic rings. The Morgan fingerprint density at radius 2 is 2.40 bits per heavy atom. The van der Waals surface area contributed by atoms with Crippen LogP contribution in [0.5, 0.6) is 0 Å². The lowest BCUT2D eigenvalue weighted by Crippen LogP contribution is -2.07. The number of rotatable bonds is 4. The zero-order chi connectivity index (χ0) is 10.7. The minimum absolute atomic E-state index is 0.430. The number of aromatic nitrogens is 1. The van der Waals surface area contributed by atoms with Crippen molar-refractivity contribution in [2.75, 3.05) is 6.54 Å². The van der Waals surface area contributed by atoms with Crippen LogP contribution in [0.15, 0.2) is 23.7 Å². The molecule has 4 heteroatoms. The fourth-order valence-corrected chi connectivity index (χ4v) is 3.12. The molecule has 2 rings (SSSR count). The van der Waals surface area contributed by atoms with Gasteiger partial charge in [-0.3, -0.25) is 0 Å². The molecule has 2 heterocycles. The zero-order valence-electron chi connectivity index (χ0n) is 8.64. The van der Waals surface area contributed by atoms with Crippen molar-refractivity contribution in [2.24, 2.45) is 5.73 Å². The Balaban J connectivity index is 2.07. The van der Waals surface area contributed by atoms with Crippen LogP contribution < -0.4 is 5.73 Å². The molecule has 0 saturated carbocycles. The maximum absolute atomic E-state index is 5.63. The highest BCUT2D eigenvalue weighted by Crippen LogP contribution is 2.24. The van der Waals surface area contributed by atoms with E-state index in [0.29, 0.717) is 12.5 Å². The average molecular weight is 238 g/mol. The molecule has 2 aromatic heterocycles. The Bertz CT molecular complexity index is 406. The fourth-order valence-electron chi connectivity index (χ4n) is 1.31. The van der Waals surface area contributed by atoms with Crippen LogP contribution in [-0.4, -0.2) is 11.5 Å². The molecule has 0 radical (unpaired) electrons. The smallest absolute Gasteiger partial charge is 0.0979 e. The van der Waals surface area contributed by atoms with Crippen molar-refractivity contribution in [2.45, 2.75) is 19.3 Å². The quantitative estimate of drug-likeness (QED) is 0.889. The van der Waals surface area contributed by atoms with Crippen molar-refractivity contribution in [1.29, 1.82) is 0 Å². The standard InChI is InChI=1S/C11H14N2S2/c1-8(6-12)10-7-13-11(15-10)5-9-3-2-4-14-9/h2-4,7-8H,5-6,12H2,1H3. The molecule has 1 unspecified atom stereocenters. The summed E-state index contributed by atoms with van der Waals surface area (Å²) in [5.41, 5.74) is 5.63. The van der Waals surface area contributed by atoms with Gasteiger partial charge in [0.05, 0.1) is 5.01 Å². The molecular weight excluding hydrogens is 224 g/mol. The van der Waals surface area contributed by atoms with Crippen LogP contribution in [0.3, 0.4) is 0 Å². The molecule has 1 atom stereocenters. The van der Waals surface area contributed by atoms with Gasteiger partial charge in [0.15, 0.2) is 0 Å². The maximum atomic E-state index is 5.63. The number of hydrogen-bond donors (Lipinski definition) is 1. The number of thiophene rings is 1. The molecule has 2 N–H and O–H groups in total. The van der Waals surface area contributed by atoms with Crippen molar-refractivity contribution in [3.05, 3.63) is 38.5 Å². The normalized spacial score (nSPS) is 12.9. The molecule has 0 aliphatic carbocycles. The van der Waals surface area contributed by atoms with E-state index >= 15 is 0 Å². The van der Waals surface area contributed by atoms with E-state index in [4.69, 9.17) is 5.73 Å². The van der Waals surface area contributed by atoms with Crippen LogP contribution in [0.1, 0.15) is 27.6 Å². The van der Waals surface area contributed by atoms with Crippen LogP contribution in [-0.2, 0) is 6.42 Å². The van der Waals surface area contributed by atoms with Gasteiger partial charge < -0.3 is 5.73 Å². The summed E-state index contributed by atoms with van der Waals surface area (Å²) < 4.78 is 0. The molecule has 2 nitrogen and oxygen atoms in total. The molecule has 15 heavy (non-hydrogen) atoms. The third-order valence-corrected chi connectivity index (χ3v) is 4.42. The molecule has 0 saturated heterocycles. The first-order valence-corrected chi connectivity index (χ1v) is 6.66. The highest BCUT2D eigenvalue weighted by Gasteiger charge is 2.08. The average Bonchev–Trinajstić information content (AvgIpc) is 2.88. The van der Waals surface area contributed by atoms with E-state index in [1.54, 1.807) is 22.7 Å². The van der Waals surface area contributed by atoms with Crippen LogP contribution in [0, 0.1) is 0 Å². The Labute approximate surface area is 97.8 Å². The fraction of sp³-hybridized carbons (Fsp3) is 0.364. The summed E-state index contributed by atoms with van der Waals surface area (Å²) in [6.45, 7) is 2.84. The van der Waals surface area contributed by atoms with E-state index in [1.165, 1.54) is 14.8 Å². The molecule has 0 aliphatic rings. The molecular formula is C11H14N2S2. The second kappa shape index (κ2) is 4.88. The van der Waals surface area contributed by atoms with Crippen LogP contribution in [0.25, 0.3) is 0 Å². The molecule has 0 spiro atoms. The van der Waals surface area contributed by atoms with Gasteiger partial charge in [-0.05, 0) is 18.0 Å². The van der Waals surface area contributed by atoms with Crippen molar-refractivity contribution in [3.63, 3.8) is 0 Å². The Morgan fingerprint density at radius 3 is 3.07 bits per heavy atom. The number of nitrogens with zero attached hydrogens (tertiary/aromatic N) is 1. The summed E-state index contributed by atoms with van der Waals surface area (Å²) in [4.78, 5) is 7.10. The number of thiazole rings is 1. The van der Waals surface area contributed by atoms with E-state index in [2.05, 4.69) is 29.4 Å². The highest BCUT2D eigenvalue weighted by atomic mass is 32.1. The van der Waals surface area contributed by atoms with E-state index < -0.39 is 0 Å². The first-order chi connectivity index (χ1) is 7.29. The van der Waals surface area contributed by atoms with Gasteiger partial charge in [-0.15, -0.1) is 22.7 Å². The van der Waals surface area contributed by atoms with Gasteiger partial charge in [0.2, 0.25) is 0 Å². The van der Waals surface area contributed by atoms with Crippen LogP contribution in [0.4, 0.5) is 0 Å². The third-order valence-electron chi connectivity index (χ3n) is 2.32. The zero-order valence-corrected chi connectivity index (χ0v) is 10.3. The van der Waals surface area contributed by atoms with E-state index in [9.17, 15) is 0 Å². The second-order valence-electron chi connectivity index (χ2n) is 3.55. The lowest BCUT2D eigenvalue weighted by Gasteiger charge is -2.02. The van der Waals surface area contributed by atoms with Gasteiger partial charge in [-0.25, -0.2) is 4.98 Å². The van der Waals surface area contributed by atoms with E-state index in [-0.39, 0.29) is 0 Å². The van der Waals surface area contributed by atoms with Crippen LogP contribution >= 0.6 is 22.7 Å². The largest absolute Gasteiger partial charge is 0.330 e. The molecule has 0 fully saturated rings. The summed E-state index contributed by atoms with van der Waals surface area (Å²) in [6.07, 6.45) is 2.92. The predicted octanol–water partition coefficient (Wildman–Crippen LogP) is 2.86. The van der Waals surface area contributed by atoms with Gasteiger partial charge in [0.25, 0.3) is 0 Å². The lowest BCUT2D eigenvalue weighted by molar-refractivity contribution is 0.787. The number of nitrogens with two attached hydrogens (primary N) is 1. The first-order valence-electron chi connectivity index (χ1n) is 4.96. The molecule has 0 amide bonds. The Kier molecular flexibility index (Phi) is 3.51. The Morgan fingerprint density at radius 1 is 1.53 bits per heavy atom. The highest BCUT2D eigenvalue weighted by molar-refractivity contribution is 7.12. The van der Waals surface area contributed by atoms with Crippen molar-refractivity contribution >= 4 is 22.7 Å². The molecule has 0 aromatic carbocycles.